The fourth-order valence-corrected chi connectivity index (χ4v) is 4.98. The summed E-state index contributed by atoms with van der Waals surface area (Å²) in [6, 6.07) is 10.6. The highest BCUT2D eigenvalue weighted by Gasteiger charge is 2.23. The highest BCUT2D eigenvalue weighted by molar-refractivity contribution is 5.91. The molecule has 0 unspecified atom stereocenters. The van der Waals surface area contributed by atoms with Gasteiger partial charge in [-0.25, -0.2) is 4.98 Å². The summed E-state index contributed by atoms with van der Waals surface area (Å²) in [4.78, 5) is 28.9. The Labute approximate surface area is 192 Å². The van der Waals surface area contributed by atoms with Crippen LogP contribution in [0.5, 0.6) is 0 Å². The number of carbonyl (C=O) groups is 1. The Morgan fingerprint density at radius 2 is 1.88 bits per heavy atom. The smallest absolute Gasteiger partial charge is 0.234 e. The minimum Gasteiger partial charge on any atom is -0.352 e. The standard InChI is InChI=1S/C26H37N5O/c1-29(2)17-7-18-31(25(32)13-12-21-8-3-4-9-21)26-27-16-14-24(28-26)30-19-15-22-10-5-6-11-23(22)20-30/h5-6,10-11,14,16,21H,3-4,7-9,12-13,15,17-20H2,1-2H3. The second-order valence-corrected chi connectivity index (χ2v) is 9.55. The van der Waals surface area contributed by atoms with Crippen LogP contribution >= 0.6 is 0 Å². The first kappa shape index (κ1) is 22.7. The molecule has 0 radical (unpaired) electrons. The van der Waals surface area contributed by atoms with Crippen LogP contribution in [0, 0.1) is 5.92 Å². The highest BCUT2D eigenvalue weighted by atomic mass is 16.2. The lowest BCUT2D eigenvalue weighted by Crippen LogP contribution is -2.36. The molecule has 1 aliphatic heterocycles. The van der Waals surface area contributed by atoms with Crippen LogP contribution in [0.4, 0.5) is 11.8 Å². The van der Waals surface area contributed by atoms with E-state index in [-0.39, 0.29) is 5.91 Å². The van der Waals surface area contributed by atoms with Gasteiger partial charge in [0.1, 0.15) is 5.82 Å². The van der Waals surface area contributed by atoms with Crippen LogP contribution in [0.25, 0.3) is 0 Å². The SMILES string of the molecule is CN(C)CCCN(C(=O)CCC1CCCC1)c1nccc(N2CCc3ccccc3C2)n1. The predicted molar refractivity (Wildman–Crippen MR) is 130 cm³/mol. The van der Waals surface area contributed by atoms with E-state index in [1.165, 1.54) is 36.8 Å². The maximum atomic E-state index is 13.2. The third-order valence-electron chi connectivity index (χ3n) is 6.85. The van der Waals surface area contributed by atoms with Crippen molar-refractivity contribution in [1.29, 1.82) is 0 Å². The van der Waals surface area contributed by atoms with Crippen LogP contribution in [0.15, 0.2) is 36.5 Å². The second kappa shape index (κ2) is 10.9. The van der Waals surface area contributed by atoms with Crippen molar-refractivity contribution in [2.45, 2.75) is 57.9 Å². The first-order chi connectivity index (χ1) is 15.6. The van der Waals surface area contributed by atoms with Crippen molar-refractivity contribution < 1.29 is 4.79 Å². The van der Waals surface area contributed by atoms with Crippen LogP contribution in [0.2, 0.25) is 0 Å². The first-order valence-corrected chi connectivity index (χ1v) is 12.2. The number of nitrogens with zero attached hydrogens (tertiary/aromatic N) is 5. The van der Waals surface area contributed by atoms with Crippen LogP contribution in [0.3, 0.4) is 0 Å². The molecule has 172 valence electrons. The average molecular weight is 436 g/mol. The summed E-state index contributed by atoms with van der Waals surface area (Å²) in [5.41, 5.74) is 2.78. The minimum absolute atomic E-state index is 0.164. The number of rotatable bonds is 9. The summed E-state index contributed by atoms with van der Waals surface area (Å²) >= 11 is 0. The van der Waals surface area contributed by atoms with Gasteiger partial charge in [0.05, 0.1) is 0 Å². The van der Waals surface area contributed by atoms with E-state index in [2.05, 4.69) is 53.1 Å². The summed E-state index contributed by atoms with van der Waals surface area (Å²) in [6.45, 7) is 3.38. The van der Waals surface area contributed by atoms with Crippen molar-refractivity contribution in [2.75, 3.05) is 43.5 Å². The Morgan fingerprint density at radius 3 is 2.66 bits per heavy atom. The zero-order valence-corrected chi connectivity index (χ0v) is 19.7. The van der Waals surface area contributed by atoms with Crippen molar-refractivity contribution in [1.82, 2.24) is 14.9 Å². The number of anilines is 2. The Hall–Kier alpha value is -2.47. The fraction of sp³-hybridized carbons (Fsp3) is 0.577. The molecule has 1 aromatic heterocycles. The predicted octanol–water partition coefficient (Wildman–Crippen LogP) is 4.29. The maximum Gasteiger partial charge on any atom is 0.234 e. The lowest BCUT2D eigenvalue weighted by molar-refractivity contribution is -0.119. The molecule has 4 rings (SSSR count). The van der Waals surface area contributed by atoms with Gasteiger partial charge in [-0.05, 0) is 63.0 Å². The first-order valence-electron chi connectivity index (χ1n) is 12.2. The largest absolute Gasteiger partial charge is 0.352 e. The van der Waals surface area contributed by atoms with Gasteiger partial charge in [0.2, 0.25) is 11.9 Å². The van der Waals surface area contributed by atoms with E-state index < -0.39 is 0 Å². The molecule has 0 N–H and O–H groups in total. The van der Waals surface area contributed by atoms with Crippen molar-refractivity contribution in [3.8, 4) is 0 Å². The molecule has 2 aromatic rings. The number of aromatic nitrogens is 2. The zero-order valence-electron chi connectivity index (χ0n) is 19.7. The van der Waals surface area contributed by atoms with Crippen LogP contribution < -0.4 is 9.80 Å². The van der Waals surface area contributed by atoms with Gasteiger partial charge in [-0.15, -0.1) is 0 Å². The summed E-state index contributed by atoms with van der Waals surface area (Å²) in [5, 5.41) is 0. The van der Waals surface area contributed by atoms with E-state index in [0.717, 1.165) is 44.7 Å². The number of hydrogen-bond acceptors (Lipinski definition) is 5. The fourth-order valence-electron chi connectivity index (χ4n) is 4.98. The summed E-state index contributed by atoms with van der Waals surface area (Å²) < 4.78 is 0. The topological polar surface area (TPSA) is 52.6 Å². The molecule has 0 atom stereocenters. The molecule has 0 bridgehead atoms. The van der Waals surface area contributed by atoms with E-state index in [1.807, 2.05) is 11.0 Å². The Balaban J connectivity index is 1.48. The van der Waals surface area contributed by atoms with Gasteiger partial charge in [0.25, 0.3) is 0 Å². The molecule has 1 saturated carbocycles. The lowest BCUT2D eigenvalue weighted by atomic mass is 10.00. The van der Waals surface area contributed by atoms with E-state index in [1.54, 1.807) is 6.20 Å². The van der Waals surface area contributed by atoms with Gasteiger partial charge in [-0.1, -0.05) is 49.9 Å². The maximum absolute atomic E-state index is 13.2. The molecule has 2 heterocycles. The molecule has 32 heavy (non-hydrogen) atoms. The Kier molecular flexibility index (Phi) is 7.74. The number of fused-ring (bicyclic) bond motifs is 1. The molecular weight excluding hydrogens is 398 g/mol. The quantitative estimate of drug-likeness (QED) is 0.588. The third-order valence-corrected chi connectivity index (χ3v) is 6.85. The van der Waals surface area contributed by atoms with Crippen molar-refractivity contribution in [2.24, 2.45) is 5.92 Å². The van der Waals surface area contributed by atoms with Gasteiger partial charge < -0.3 is 9.80 Å². The molecule has 1 aliphatic carbocycles. The number of benzene rings is 1. The molecule has 6 heteroatoms. The summed E-state index contributed by atoms with van der Waals surface area (Å²) in [6.07, 6.45) is 10.5. The molecule has 0 spiro atoms. The van der Waals surface area contributed by atoms with E-state index in [9.17, 15) is 4.79 Å². The number of carbonyl (C=O) groups excluding carboxylic acids is 1. The van der Waals surface area contributed by atoms with Crippen molar-refractivity contribution in [3.63, 3.8) is 0 Å². The van der Waals surface area contributed by atoms with Gasteiger partial charge in [0, 0.05) is 32.3 Å². The lowest BCUT2D eigenvalue weighted by Gasteiger charge is -2.30. The second-order valence-electron chi connectivity index (χ2n) is 9.55. The van der Waals surface area contributed by atoms with E-state index >= 15 is 0 Å². The van der Waals surface area contributed by atoms with Crippen LogP contribution in [0.1, 0.15) is 56.1 Å². The van der Waals surface area contributed by atoms with Gasteiger partial charge >= 0.3 is 0 Å². The van der Waals surface area contributed by atoms with Gasteiger partial charge in [-0.3, -0.25) is 9.69 Å². The monoisotopic (exact) mass is 435 g/mol. The Morgan fingerprint density at radius 1 is 1.09 bits per heavy atom. The molecule has 6 nitrogen and oxygen atoms in total. The normalized spacial score (nSPS) is 16.4. The summed E-state index contributed by atoms with van der Waals surface area (Å²) in [5.74, 6) is 2.34. The Bertz CT molecular complexity index is 893. The van der Waals surface area contributed by atoms with E-state index in [4.69, 9.17) is 4.98 Å². The average Bonchev–Trinajstić information content (AvgIpc) is 3.34. The number of hydrogen-bond donors (Lipinski definition) is 0. The summed E-state index contributed by atoms with van der Waals surface area (Å²) in [7, 11) is 4.13. The molecule has 1 amide bonds. The third kappa shape index (κ3) is 5.85. The number of amides is 1. The van der Waals surface area contributed by atoms with Crippen LogP contribution in [-0.2, 0) is 17.8 Å². The van der Waals surface area contributed by atoms with Crippen LogP contribution in [-0.4, -0.2) is 54.5 Å². The molecular formula is C26H37N5O. The minimum atomic E-state index is 0.164. The molecule has 1 fully saturated rings. The molecule has 0 saturated heterocycles. The van der Waals surface area contributed by atoms with Crippen molar-refractivity contribution >= 4 is 17.7 Å². The van der Waals surface area contributed by atoms with Gasteiger partial charge in [-0.2, -0.15) is 4.98 Å². The molecule has 1 aromatic carbocycles. The highest BCUT2D eigenvalue weighted by Crippen LogP contribution is 2.29. The van der Waals surface area contributed by atoms with E-state index in [0.29, 0.717) is 24.8 Å². The molecule has 2 aliphatic rings. The van der Waals surface area contributed by atoms with Crippen molar-refractivity contribution in [3.05, 3.63) is 47.7 Å². The van der Waals surface area contributed by atoms with Gasteiger partial charge in [0.15, 0.2) is 0 Å². The zero-order chi connectivity index (χ0) is 22.3.